The molecule has 3 nitrogen and oxygen atoms in total. The summed E-state index contributed by atoms with van der Waals surface area (Å²) < 4.78 is 0. The highest BCUT2D eigenvalue weighted by Crippen LogP contribution is 2.10. The number of amides is 1. The number of anilines is 1. The van der Waals surface area contributed by atoms with E-state index in [1.165, 1.54) is 5.56 Å². The molecule has 3 heteroatoms. The fraction of sp³-hybridized carbons (Fsp3) is 0.500. The topological polar surface area (TPSA) is 55.1 Å². The molecule has 1 rings (SSSR count). The van der Waals surface area contributed by atoms with Crippen molar-refractivity contribution in [3.63, 3.8) is 0 Å². The van der Waals surface area contributed by atoms with Crippen molar-refractivity contribution in [3.05, 3.63) is 29.8 Å². The van der Waals surface area contributed by atoms with Crippen LogP contribution in [0.2, 0.25) is 0 Å². The summed E-state index contributed by atoms with van der Waals surface area (Å²) in [4.78, 5) is 11.7. The van der Waals surface area contributed by atoms with Crippen LogP contribution in [0.3, 0.4) is 0 Å². The molecule has 0 aliphatic heterocycles. The van der Waals surface area contributed by atoms with Crippen LogP contribution in [0.1, 0.15) is 38.7 Å². The minimum atomic E-state index is -0.402. The molecule has 0 bridgehead atoms. The van der Waals surface area contributed by atoms with Gasteiger partial charge in [-0.25, -0.2) is 0 Å². The number of aryl methyl sites for hydroxylation is 1. The first-order chi connectivity index (χ1) is 8.17. The van der Waals surface area contributed by atoms with Gasteiger partial charge in [-0.1, -0.05) is 38.8 Å². The van der Waals surface area contributed by atoms with Crippen LogP contribution >= 0.6 is 0 Å². The van der Waals surface area contributed by atoms with E-state index in [-0.39, 0.29) is 5.91 Å². The van der Waals surface area contributed by atoms with E-state index in [2.05, 4.69) is 19.2 Å². The molecule has 0 saturated heterocycles. The lowest BCUT2D eigenvalue weighted by Gasteiger charge is -2.11. The van der Waals surface area contributed by atoms with Gasteiger partial charge in [0.2, 0.25) is 5.91 Å². The van der Waals surface area contributed by atoms with Gasteiger partial charge in [-0.15, -0.1) is 0 Å². The molecule has 1 amide bonds. The van der Waals surface area contributed by atoms with E-state index in [1.54, 1.807) is 0 Å². The first kappa shape index (κ1) is 13.7. The maximum absolute atomic E-state index is 11.7. The van der Waals surface area contributed by atoms with Crippen LogP contribution in [0, 0.1) is 0 Å². The highest BCUT2D eigenvalue weighted by atomic mass is 16.2. The lowest BCUT2D eigenvalue weighted by Crippen LogP contribution is -2.35. The third kappa shape index (κ3) is 4.57. The molecule has 0 aliphatic carbocycles. The van der Waals surface area contributed by atoms with Gasteiger partial charge in [0.25, 0.3) is 0 Å². The summed E-state index contributed by atoms with van der Waals surface area (Å²) in [7, 11) is 0. The van der Waals surface area contributed by atoms with Crippen LogP contribution in [0.25, 0.3) is 0 Å². The third-order valence-electron chi connectivity index (χ3n) is 2.84. The van der Waals surface area contributed by atoms with Gasteiger partial charge in [0, 0.05) is 5.69 Å². The summed E-state index contributed by atoms with van der Waals surface area (Å²) in [5, 5.41) is 2.84. The minimum Gasteiger partial charge on any atom is -0.325 e. The molecule has 0 radical (unpaired) electrons. The quantitative estimate of drug-likeness (QED) is 0.795. The van der Waals surface area contributed by atoms with Crippen molar-refractivity contribution in [1.82, 2.24) is 0 Å². The Labute approximate surface area is 103 Å². The minimum absolute atomic E-state index is 0.0947. The molecule has 3 N–H and O–H groups in total. The maximum Gasteiger partial charge on any atom is 0.241 e. The molecule has 0 heterocycles. The van der Waals surface area contributed by atoms with Gasteiger partial charge in [-0.3, -0.25) is 4.79 Å². The lowest BCUT2D eigenvalue weighted by molar-refractivity contribution is -0.117. The zero-order valence-corrected chi connectivity index (χ0v) is 10.7. The van der Waals surface area contributed by atoms with Gasteiger partial charge in [-0.2, -0.15) is 0 Å². The van der Waals surface area contributed by atoms with E-state index in [4.69, 9.17) is 5.73 Å². The van der Waals surface area contributed by atoms with Gasteiger partial charge in [0.1, 0.15) is 0 Å². The lowest BCUT2D eigenvalue weighted by atomic mass is 10.1. The summed E-state index contributed by atoms with van der Waals surface area (Å²) in [6, 6.07) is 7.48. The molecule has 1 atom stereocenters. The molecule has 0 spiro atoms. The highest BCUT2D eigenvalue weighted by molar-refractivity contribution is 5.94. The number of nitrogens with two attached hydrogens (primary N) is 1. The smallest absolute Gasteiger partial charge is 0.241 e. The molecule has 0 aliphatic rings. The summed E-state index contributed by atoms with van der Waals surface area (Å²) >= 11 is 0. The number of nitrogens with one attached hydrogen (secondary N) is 1. The van der Waals surface area contributed by atoms with Crippen LogP contribution in [0.15, 0.2) is 24.3 Å². The number of unbranched alkanes of at least 4 members (excludes halogenated alkanes) is 1. The number of rotatable bonds is 6. The first-order valence-corrected chi connectivity index (χ1v) is 6.32. The predicted octanol–water partition coefficient (Wildman–Crippen LogP) is 2.71. The van der Waals surface area contributed by atoms with Crippen LogP contribution in [0.4, 0.5) is 5.69 Å². The van der Waals surface area contributed by atoms with Gasteiger partial charge in [0.15, 0.2) is 0 Å². The number of benzene rings is 1. The van der Waals surface area contributed by atoms with Crippen LogP contribution < -0.4 is 11.1 Å². The molecule has 17 heavy (non-hydrogen) atoms. The van der Waals surface area contributed by atoms with Crippen LogP contribution in [-0.2, 0) is 11.2 Å². The summed E-state index contributed by atoms with van der Waals surface area (Å²) in [6.45, 7) is 4.20. The van der Waals surface area contributed by atoms with Gasteiger partial charge >= 0.3 is 0 Å². The van der Waals surface area contributed by atoms with E-state index in [0.29, 0.717) is 0 Å². The van der Waals surface area contributed by atoms with Gasteiger partial charge < -0.3 is 11.1 Å². The number of hydrogen-bond donors (Lipinski definition) is 2. The highest BCUT2D eigenvalue weighted by Gasteiger charge is 2.12. The molecule has 0 fully saturated rings. The van der Waals surface area contributed by atoms with Crippen molar-refractivity contribution >= 4 is 11.6 Å². The molecule has 1 unspecified atom stereocenters. The normalized spacial score (nSPS) is 12.2. The Hall–Kier alpha value is -1.35. The van der Waals surface area contributed by atoms with E-state index in [9.17, 15) is 4.79 Å². The second-order valence-corrected chi connectivity index (χ2v) is 4.29. The average molecular weight is 234 g/mol. The second kappa shape index (κ2) is 7.07. The summed E-state index contributed by atoms with van der Waals surface area (Å²) in [6.07, 6.45) is 3.80. The maximum atomic E-state index is 11.7. The van der Waals surface area contributed by atoms with E-state index >= 15 is 0 Å². The standard InChI is InChI=1S/C14H22N2O/c1-3-5-6-13(15)14(17)16-12-9-7-11(4-2)8-10-12/h7-10,13H,3-6,15H2,1-2H3,(H,16,17). The number of carbonyl (C=O) groups is 1. The monoisotopic (exact) mass is 234 g/mol. The summed E-state index contributed by atoms with van der Waals surface area (Å²) in [5.41, 5.74) is 7.88. The average Bonchev–Trinajstić information content (AvgIpc) is 2.36. The third-order valence-corrected chi connectivity index (χ3v) is 2.84. The SMILES string of the molecule is CCCCC(N)C(=O)Nc1ccc(CC)cc1. The van der Waals surface area contributed by atoms with Crippen molar-refractivity contribution < 1.29 is 4.79 Å². The molecular weight excluding hydrogens is 212 g/mol. The van der Waals surface area contributed by atoms with Crippen molar-refractivity contribution in [2.24, 2.45) is 5.73 Å². The van der Waals surface area contributed by atoms with Crippen LogP contribution in [0.5, 0.6) is 0 Å². The van der Waals surface area contributed by atoms with Crippen molar-refractivity contribution in [2.45, 2.75) is 45.6 Å². The van der Waals surface area contributed by atoms with E-state index < -0.39 is 6.04 Å². The molecular formula is C14H22N2O. The first-order valence-electron chi connectivity index (χ1n) is 6.32. The van der Waals surface area contributed by atoms with E-state index in [1.807, 2.05) is 24.3 Å². The Morgan fingerprint density at radius 2 is 1.94 bits per heavy atom. The molecule has 94 valence electrons. The second-order valence-electron chi connectivity index (χ2n) is 4.29. The molecule has 0 aromatic heterocycles. The van der Waals surface area contributed by atoms with Crippen molar-refractivity contribution in [3.8, 4) is 0 Å². The number of carbonyl (C=O) groups excluding carboxylic acids is 1. The fourth-order valence-corrected chi connectivity index (χ4v) is 1.61. The Morgan fingerprint density at radius 1 is 1.29 bits per heavy atom. The van der Waals surface area contributed by atoms with Gasteiger partial charge in [-0.05, 0) is 30.5 Å². The largest absolute Gasteiger partial charge is 0.325 e. The number of hydrogen-bond acceptors (Lipinski definition) is 2. The van der Waals surface area contributed by atoms with E-state index in [0.717, 1.165) is 31.4 Å². The molecule has 1 aromatic rings. The van der Waals surface area contributed by atoms with Crippen molar-refractivity contribution in [2.75, 3.05) is 5.32 Å². The molecule has 0 saturated carbocycles. The molecule has 1 aromatic carbocycles. The Bertz CT molecular complexity index is 346. The zero-order valence-electron chi connectivity index (χ0n) is 10.7. The Morgan fingerprint density at radius 3 is 2.47 bits per heavy atom. The van der Waals surface area contributed by atoms with Crippen molar-refractivity contribution in [1.29, 1.82) is 0 Å². The van der Waals surface area contributed by atoms with Crippen LogP contribution in [-0.4, -0.2) is 11.9 Å². The Kier molecular flexibility index (Phi) is 5.70. The fourth-order valence-electron chi connectivity index (χ4n) is 1.61. The van der Waals surface area contributed by atoms with Gasteiger partial charge in [0.05, 0.1) is 6.04 Å². The zero-order chi connectivity index (χ0) is 12.7. The predicted molar refractivity (Wildman–Crippen MR) is 72.0 cm³/mol. The summed E-state index contributed by atoms with van der Waals surface area (Å²) in [5.74, 6) is -0.0947. The Balaban J connectivity index is 2.49.